The quantitative estimate of drug-likeness (QED) is 0.757. The van der Waals surface area contributed by atoms with Crippen LogP contribution in [0.5, 0.6) is 0 Å². The van der Waals surface area contributed by atoms with E-state index in [2.05, 4.69) is 25.8 Å². The van der Waals surface area contributed by atoms with E-state index in [-0.39, 0.29) is 5.91 Å². The number of nitrogens with one attached hydrogen (secondary N) is 1. The molecule has 3 heterocycles. The molecule has 0 saturated carbocycles. The number of aryl methyl sites for hydroxylation is 1. The lowest BCUT2D eigenvalue weighted by Gasteiger charge is -2.28. The first-order valence-electron chi connectivity index (χ1n) is 7.77. The molecule has 122 valence electrons. The first kappa shape index (κ1) is 14.6. The van der Waals surface area contributed by atoms with Gasteiger partial charge < -0.3 is 10.2 Å². The van der Waals surface area contributed by atoms with Crippen LogP contribution in [0.2, 0.25) is 0 Å². The molecule has 4 rings (SSSR count). The minimum Gasteiger partial charge on any atom is -0.372 e. The van der Waals surface area contributed by atoms with E-state index in [9.17, 15) is 4.79 Å². The molecule has 0 spiro atoms. The van der Waals surface area contributed by atoms with Crippen LogP contribution in [0.25, 0.3) is 11.0 Å². The number of carbonyl (C=O) groups is 1. The molecule has 0 atom stereocenters. The molecule has 1 aromatic carbocycles. The molecular formula is C16H17N7O. The number of fused-ring (bicyclic) bond motifs is 2. The number of aromatic nitrogens is 5. The van der Waals surface area contributed by atoms with Crippen molar-refractivity contribution in [2.75, 3.05) is 18.9 Å². The van der Waals surface area contributed by atoms with Crippen molar-refractivity contribution >= 4 is 22.8 Å². The second-order valence-electron chi connectivity index (χ2n) is 5.84. The fraction of sp³-hybridized carbons (Fsp3) is 0.312. The van der Waals surface area contributed by atoms with E-state index in [1.807, 2.05) is 30.1 Å². The van der Waals surface area contributed by atoms with Crippen molar-refractivity contribution in [3.05, 3.63) is 41.1 Å². The lowest BCUT2D eigenvalue weighted by molar-refractivity contribution is 0.0733. The normalized spacial score (nSPS) is 13.8. The summed E-state index contributed by atoms with van der Waals surface area (Å²) in [5, 5.41) is 19.4. The van der Waals surface area contributed by atoms with Crippen LogP contribution in [0.15, 0.2) is 24.3 Å². The maximum atomic E-state index is 12.8. The van der Waals surface area contributed by atoms with E-state index in [1.54, 1.807) is 17.8 Å². The van der Waals surface area contributed by atoms with Crippen LogP contribution >= 0.6 is 0 Å². The highest BCUT2D eigenvalue weighted by molar-refractivity contribution is 5.97. The first-order valence-corrected chi connectivity index (χ1v) is 7.77. The zero-order valence-electron chi connectivity index (χ0n) is 13.5. The van der Waals surface area contributed by atoms with Crippen LogP contribution in [0.4, 0.5) is 5.82 Å². The number of anilines is 1. The van der Waals surface area contributed by atoms with E-state index in [0.29, 0.717) is 30.9 Å². The summed E-state index contributed by atoms with van der Waals surface area (Å²) in [6.45, 7) is 1.18. The van der Waals surface area contributed by atoms with Crippen molar-refractivity contribution in [2.24, 2.45) is 7.05 Å². The Balaban J connectivity index is 1.61. The number of hydrogen-bond acceptors (Lipinski definition) is 6. The maximum absolute atomic E-state index is 12.8. The average molecular weight is 323 g/mol. The molecule has 8 nitrogen and oxygen atoms in total. The first-order chi connectivity index (χ1) is 11.7. The minimum atomic E-state index is -0.00368. The van der Waals surface area contributed by atoms with Crippen molar-refractivity contribution in [2.45, 2.75) is 13.0 Å². The van der Waals surface area contributed by atoms with Gasteiger partial charge in [0.2, 0.25) is 0 Å². The van der Waals surface area contributed by atoms with Crippen LogP contribution in [0.1, 0.15) is 21.6 Å². The SMILES string of the molecule is CNc1cc2c(nn1)CCN(C(=O)c1ccc3c(c1)nnn3C)C2. The highest BCUT2D eigenvalue weighted by Gasteiger charge is 2.23. The van der Waals surface area contributed by atoms with Gasteiger partial charge in [0.15, 0.2) is 0 Å². The number of amides is 1. The lowest BCUT2D eigenvalue weighted by Crippen LogP contribution is -2.36. The van der Waals surface area contributed by atoms with Gasteiger partial charge in [0.25, 0.3) is 5.91 Å². The third-order valence-corrected chi connectivity index (χ3v) is 4.34. The standard InChI is InChI=1S/C16H17N7O/c1-17-15-8-11-9-23(6-5-12(11)18-20-15)16(24)10-3-4-14-13(7-10)19-21-22(14)2/h3-4,7-8H,5-6,9H2,1-2H3,(H,17,20). The second-order valence-corrected chi connectivity index (χ2v) is 5.84. The van der Waals surface area contributed by atoms with Crippen LogP contribution in [0.3, 0.4) is 0 Å². The van der Waals surface area contributed by atoms with Crippen LogP contribution < -0.4 is 5.32 Å². The van der Waals surface area contributed by atoms with Gasteiger partial charge in [-0.15, -0.1) is 10.2 Å². The molecule has 1 amide bonds. The fourth-order valence-corrected chi connectivity index (χ4v) is 2.98. The zero-order chi connectivity index (χ0) is 16.7. The Hall–Kier alpha value is -3.03. The molecule has 1 aliphatic heterocycles. The number of carbonyl (C=O) groups excluding carboxylic acids is 1. The molecule has 1 N–H and O–H groups in total. The number of rotatable bonds is 2. The Morgan fingerprint density at radius 3 is 2.92 bits per heavy atom. The third-order valence-electron chi connectivity index (χ3n) is 4.34. The summed E-state index contributed by atoms with van der Waals surface area (Å²) in [7, 11) is 3.64. The Kier molecular flexibility index (Phi) is 3.37. The van der Waals surface area contributed by atoms with E-state index >= 15 is 0 Å². The van der Waals surface area contributed by atoms with Gasteiger partial charge in [-0.1, -0.05) is 5.21 Å². The lowest BCUT2D eigenvalue weighted by atomic mass is 10.0. The van der Waals surface area contributed by atoms with Gasteiger partial charge in [0.1, 0.15) is 11.3 Å². The average Bonchev–Trinajstić information content (AvgIpc) is 3.00. The smallest absolute Gasteiger partial charge is 0.254 e. The van der Waals surface area contributed by atoms with Gasteiger partial charge in [-0.2, -0.15) is 5.10 Å². The number of hydrogen-bond donors (Lipinski definition) is 1. The molecule has 1 aliphatic rings. The van der Waals surface area contributed by atoms with E-state index in [0.717, 1.165) is 22.3 Å². The van der Waals surface area contributed by atoms with Crippen molar-refractivity contribution in [1.29, 1.82) is 0 Å². The summed E-state index contributed by atoms with van der Waals surface area (Å²) in [6.07, 6.45) is 0.714. The highest BCUT2D eigenvalue weighted by Crippen LogP contribution is 2.21. The van der Waals surface area contributed by atoms with Crippen molar-refractivity contribution in [3.8, 4) is 0 Å². The Morgan fingerprint density at radius 1 is 1.21 bits per heavy atom. The van der Waals surface area contributed by atoms with Crippen molar-refractivity contribution < 1.29 is 4.79 Å². The Labute approximate surface area is 138 Å². The number of nitrogens with zero attached hydrogens (tertiary/aromatic N) is 6. The van der Waals surface area contributed by atoms with Gasteiger partial charge in [-0.05, 0) is 29.8 Å². The predicted molar refractivity (Wildman–Crippen MR) is 88.5 cm³/mol. The predicted octanol–water partition coefficient (Wildman–Crippen LogP) is 0.998. The molecule has 0 saturated heterocycles. The molecular weight excluding hydrogens is 306 g/mol. The van der Waals surface area contributed by atoms with Crippen LogP contribution in [-0.4, -0.2) is 49.6 Å². The summed E-state index contributed by atoms with van der Waals surface area (Å²) in [4.78, 5) is 14.7. The molecule has 3 aromatic rings. The van der Waals surface area contributed by atoms with E-state index in [4.69, 9.17) is 0 Å². The van der Waals surface area contributed by atoms with Gasteiger partial charge in [-0.25, -0.2) is 4.68 Å². The van der Waals surface area contributed by atoms with Crippen LogP contribution in [-0.2, 0) is 20.0 Å². The fourth-order valence-electron chi connectivity index (χ4n) is 2.98. The number of benzene rings is 1. The summed E-state index contributed by atoms with van der Waals surface area (Å²) in [5.74, 6) is 0.708. The van der Waals surface area contributed by atoms with Crippen molar-refractivity contribution in [1.82, 2.24) is 30.1 Å². The summed E-state index contributed by atoms with van der Waals surface area (Å²) in [5.41, 5.74) is 4.26. The van der Waals surface area contributed by atoms with E-state index in [1.165, 1.54) is 0 Å². The van der Waals surface area contributed by atoms with Crippen LogP contribution in [0, 0.1) is 0 Å². The maximum Gasteiger partial charge on any atom is 0.254 e. The zero-order valence-corrected chi connectivity index (χ0v) is 13.5. The molecule has 0 fully saturated rings. The second kappa shape index (κ2) is 5.55. The molecule has 0 radical (unpaired) electrons. The summed E-state index contributed by atoms with van der Waals surface area (Å²) in [6, 6.07) is 7.45. The molecule has 0 aliphatic carbocycles. The minimum absolute atomic E-state index is 0.00368. The largest absolute Gasteiger partial charge is 0.372 e. The highest BCUT2D eigenvalue weighted by atomic mass is 16.2. The van der Waals surface area contributed by atoms with E-state index < -0.39 is 0 Å². The Morgan fingerprint density at radius 2 is 2.08 bits per heavy atom. The van der Waals surface area contributed by atoms with Gasteiger partial charge in [0.05, 0.1) is 11.2 Å². The monoisotopic (exact) mass is 323 g/mol. The molecule has 0 unspecified atom stereocenters. The van der Waals surface area contributed by atoms with Gasteiger partial charge in [0, 0.05) is 39.2 Å². The summed E-state index contributed by atoms with van der Waals surface area (Å²) < 4.78 is 1.69. The molecule has 0 bridgehead atoms. The topological polar surface area (TPSA) is 88.8 Å². The Bertz CT molecular complexity index is 933. The molecule has 2 aromatic heterocycles. The van der Waals surface area contributed by atoms with Crippen molar-refractivity contribution in [3.63, 3.8) is 0 Å². The molecule has 8 heteroatoms. The van der Waals surface area contributed by atoms with Gasteiger partial charge in [-0.3, -0.25) is 4.79 Å². The molecule has 24 heavy (non-hydrogen) atoms. The third kappa shape index (κ3) is 2.36. The van der Waals surface area contributed by atoms with Gasteiger partial charge >= 0.3 is 0 Å². The summed E-state index contributed by atoms with van der Waals surface area (Å²) >= 11 is 0.